The van der Waals surface area contributed by atoms with Gasteiger partial charge in [-0.15, -0.1) is 0 Å². The third kappa shape index (κ3) is 1.82. The molecular formula is C12H13N3O. The highest BCUT2D eigenvalue weighted by Gasteiger charge is 2.07. The van der Waals surface area contributed by atoms with E-state index in [4.69, 9.17) is 0 Å². The van der Waals surface area contributed by atoms with E-state index in [1.165, 1.54) is 0 Å². The van der Waals surface area contributed by atoms with Gasteiger partial charge in [-0.2, -0.15) is 0 Å². The maximum atomic E-state index is 11.3. The molecule has 1 heterocycles. The van der Waals surface area contributed by atoms with E-state index in [0.717, 1.165) is 22.2 Å². The van der Waals surface area contributed by atoms with E-state index in [-0.39, 0.29) is 6.03 Å². The number of pyridine rings is 1. The molecule has 0 unspecified atom stereocenters. The summed E-state index contributed by atoms with van der Waals surface area (Å²) in [6.45, 7) is 1.92. The van der Waals surface area contributed by atoms with Crippen molar-refractivity contribution in [1.29, 1.82) is 0 Å². The average molecular weight is 215 g/mol. The first-order valence-electron chi connectivity index (χ1n) is 5.05. The predicted molar refractivity (Wildman–Crippen MR) is 64.6 cm³/mol. The highest BCUT2D eigenvalue weighted by Crippen LogP contribution is 2.24. The Bertz CT molecular complexity index is 537. The summed E-state index contributed by atoms with van der Waals surface area (Å²) < 4.78 is 0. The molecule has 2 rings (SSSR count). The second-order valence-electron chi connectivity index (χ2n) is 3.54. The van der Waals surface area contributed by atoms with E-state index in [2.05, 4.69) is 15.6 Å². The van der Waals surface area contributed by atoms with Crippen molar-refractivity contribution in [2.75, 3.05) is 12.4 Å². The van der Waals surface area contributed by atoms with Crippen LogP contribution in [0.2, 0.25) is 0 Å². The summed E-state index contributed by atoms with van der Waals surface area (Å²) in [6.07, 6.45) is 1.76. The summed E-state index contributed by atoms with van der Waals surface area (Å²) in [5.74, 6) is 0. The molecule has 4 heteroatoms. The molecule has 0 spiro atoms. The van der Waals surface area contributed by atoms with Crippen molar-refractivity contribution in [3.63, 3.8) is 0 Å². The third-order valence-corrected chi connectivity index (χ3v) is 2.43. The van der Waals surface area contributed by atoms with Gasteiger partial charge in [0.2, 0.25) is 0 Å². The van der Waals surface area contributed by atoms with E-state index in [1.807, 2.05) is 31.2 Å². The third-order valence-electron chi connectivity index (χ3n) is 2.43. The molecule has 0 bridgehead atoms. The van der Waals surface area contributed by atoms with Crippen LogP contribution in [-0.2, 0) is 0 Å². The SMILES string of the molecule is CNC(=O)Nc1c(C)cnc2ccccc12. The number of hydrogen-bond donors (Lipinski definition) is 2. The van der Waals surface area contributed by atoms with Crippen LogP contribution in [0, 0.1) is 6.92 Å². The number of para-hydroxylation sites is 1. The zero-order chi connectivity index (χ0) is 11.5. The van der Waals surface area contributed by atoms with Gasteiger partial charge in [-0.3, -0.25) is 4.98 Å². The maximum absolute atomic E-state index is 11.3. The summed E-state index contributed by atoms with van der Waals surface area (Å²) in [5, 5.41) is 6.30. The molecule has 0 atom stereocenters. The molecule has 0 radical (unpaired) electrons. The molecule has 4 nitrogen and oxygen atoms in total. The number of aryl methyl sites for hydroxylation is 1. The van der Waals surface area contributed by atoms with Crippen molar-refractivity contribution in [2.24, 2.45) is 0 Å². The van der Waals surface area contributed by atoms with Crippen LogP contribution in [0.3, 0.4) is 0 Å². The van der Waals surface area contributed by atoms with Gasteiger partial charge >= 0.3 is 6.03 Å². The van der Waals surface area contributed by atoms with Crippen LogP contribution < -0.4 is 10.6 Å². The lowest BCUT2D eigenvalue weighted by Gasteiger charge is -2.10. The van der Waals surface area contributed by atoms with Gasteiger partial charge in [0.05, 0.1) is 11.2 Å². The Morgan fingerprint density at radius 1 is 1.31 bits per heavy atom. The number of carbonyl (C=O) groups excluding carboxylic acids is 1. The average Bonchev–Trinajstić information content (AvgIpc) is 2.32. The van der Waals surface area contributed by atoms with Gasteiger partial charge in [-0.25, -0.2) is 4.79 Å². The minimum Gasteiger partial charge on any atom is -0.341 e. The number of rotatable bonds is 1. The molecular weight excluding hydrogens is 202 g/mol. The summed E-state index contributed by atoms with van der Waals surface area (Å²) in [6, 6.07) is 7.50. The van der Waals surface area contributed by atoms with Gasteiger partial charge in [-0.1, -0.05) is 18.2 Å². The molecule has 1 aromatic carbocycles. The maximum Gasteiger partial charge on any atom is 0.319 e. The Hall–Kier alpha value is -2.10. The molecule has 0 saturated heterocycles. The second-order valence-corrected chi connectivity index (χ2v) is 3.54. The standard InChI is InChI=1S/C12H13N3O/c1-8-7-14-10-6-4-3-5-9(10)11(8)15-12(16)13-2/h3-7H,1-2H3,(H2,13,14,15,16). The Kier molecular flexibility index (Phi) is 2.72. The van der Waals surface area contributed by atoms with Crippen LogP contribution in [0.15, 0.2) is 30.5 Å². The molecule has 16 heavy (non-hydrogen) atoms. The molecule has 0 aliphatic carbocycles. The van der Waals surface area contributed by atoms with E-state index >= 15 is 0 Å². The van der Waals surface area contributed by atoms with E-state index in [1.54, 1.807) is 13.2 Å². The van der Waals surface area contributed by atoms with Crippen LogP contribution in [0.25, 0.3) is 10.9 Å². The van der Waals surface area contributed by atoms with Crippen molar-refractivity contribution in [2.45, 2.75) is 6.92 Å². The van der Waals surface area contributed by atoms with E-state index < -0.39 is 0 Å². The minimum atomic E-state index is -0.223. The largest absolute Gasteiger partial charge is 0.341 e. The highest BCUT2D eigenvalue weighted by atomic mass is 16.2. The van der Waals surface area contributed by atoms with Gasteiger partial charge in [0.15, 0.2) is 0 Å². The van der Waals surface area contributed by atoms with Crippen molar-refractivity contribution >= 4 is 22.6 Å². The smallest absolute Gasteiger partial charge is 0.319 e. The van der Waals surface area contributed by atoms with E-state index in [0.29, 0.717) is 0 Å². The molecule has 2 N–H and O–H groups in total. The normalized spacial score (nSPS) is 10.1. The Morgan fingerprint density at radius 2 is 2.06 bits per heavy atom. The summed E-state index contributed by atoms with van der Waals surface area (Å²) >= 11 is 0. The van der Waals surface area contributed by atoms with Crippen LogP contribution in [0.4, 0.5) is 10.5 Å². The number of carbonyl (C=O) groups is 1. The number of urea groups is 1. The van der Waals surface area contributed by atoms with Crippen LogP contribution in [0.1, 0.15) is 5.56 Å². The highest BCUT2D eigenvalue weighted by molar-refractivity contribution is 6.01. The Morgan fingerprint density at radius 3 is 2.81 bits per heavy atom. The first kappa shape index (κ1) is 10.4. The fourth-order valence-corrected chi connectivity index (χ4v) is 1.58. The second kappa shape index (κ2) is 4.18. The minimum absolute atomic E-state index is 0.223. The number of benzene rings is 1. The first-order valence-corrected chi connectivity index (χ1v) is 5.05. The molecule has 0 aliphatic rings. The fourth-order valence-electron chi connectivity index (χ4n) is 1.58. The summed E-state index contributed by atoms with van der Waals surface area (Å²) in [7, 11) is 1.59. The number of nitrogens with zero attached hydrogens (tertiary/aromatic N) is 1. The lowest BCUT2D eigenvalue weighted by Crippen LogP contribution is -2.25. The number of anilines is 1. The molecule has 0 fully saturated rings. The first-order chi connectivity index (χ1) is 7.72. The number of nitrogens with one attached hydrogen (secondary N) is 2. The predicted octanol–water partition coefficient (Wildman–Crippen LogP) is 2.29. The Labute approximate surface area is 93.7 Å². The fraction of sp³-hybridized carbons (Fsp3) is 0.167. The number of amides is 2. The lowest BCUT2D eigenvalue weighted by atomic mass is 10.1. The van der Waals surface area contributed by atoms with Crippen molar-refractivity contribution in [3.8, 4) is 0 Å². The lowest BCUT2D eigenvalue weighted by molar-refractivity contribution is 0.254. The van der Waals surface area contributed by atoms with E-state index in [9.17, 15) is 4.79 Å². The zero-order valence-corrected chi connectivity index (χ0v) is 9.24. The van der Waals surface area contributed by atoms with Gasteiger partial charge in [0, 0.05) is 18.6 Å². The van der Waals surface area contributed by atoms with Crippen molar-refractivity contribution in [3.05, 3.63) is 36.0 Å². The molecule has 2 aromatic rings. The van der Waals surface area contributed by atoms with Gasteiger partial charge in [0.1, 0.15) is 0 Å². The zero-order valence-electron chi connectivity index (χ0n) is 9.24. The van der Waals surface area contributed by atoms with Crippen LogP contribution in [-0.4, -0.2) is 18.1 Å². The van der Waals surface area contributed by atoms with Crippen LogP contribution in [0.5, 0.6) is 0 Å². The van der Waals surface area contributed by atoms with Crippen molar-refractivity contribution < 1.29 is 4.79 Å². The van der Waals surface area contributed by atoms with Gasteiger partial charge < -0.3 is 10.6 Å². The molecule has 2 amide bonds. The monoisotopic (exact) mass is 215 g/mol. The summed E-state index contributed by atoms with van der Waals surface area (Å²) in [5.41, 5.74) is 2.63. The number of aromatic nitrogens is 1. The number of fused-ring (bicyclic) bond motifs is 1. The van der Waals surface area contributed by atoms with Gasteiger partial charge in [0.25, 0.3) is 0 Å². The number of hydrogen-bond acceptors (Lipinski definition) is 2. The topological polar surface area (TPSA) is 54.0 Å². The van der Waals surface area contributed by atoms with Crippen molar-refractivity contribution in [1.82, 2.24) is 10.3 Å². The summed E-state index contributed by atoms with van der Waals surface area (Å²) in [4.78, 5) is 15.6. The van der Waals surface area contributed by atoms with Gasteiger partial charge in [-0.05, 0) is 18.6 Å². The molecule has 1 aromatic heterocycles. The molecule has 0 aliphatic heterocycles. The molecule has 0 saturated carbocycles. The molecule has 82 valence electrons. The quantitative estimate of drug-likeness (QED) is 0.766. The van der Waals surface area contributed by atoms with Crippen LogP contribution >= 0.6 is 0 Å². The Balaban J connectivity index is 2.57.